The molecule has 0 fully saturated rings. The maximum absolute atomic E-state index is 12.5. The van der Waals surface area contributed by atoms with Gasteiger partial charge in [0.05, 0.1) is 16.0 Å². The zero-order chi connectivity index (χ0) is 22.1. The highest BCUT2D eigenvalue weighted by atomic mass is 32.1. The van der Waals surface area contributed by atoms with Crippen molar-refractivity contribution in [3.8, 4) is 5.69 Å². The summed E-state index contributed by atoms with van der Waals surface area (Å²) >= 11 is 1.27. The summed E-state index contributed by atoms with van der Waals surface area (Å²) in [4.78, 5) is 23.4. The fraction of sp³-hybridized carbons (Fsp3) is 0.130. The standard InChI is InChI=1S/C23H20N4O3S/c1-14-4-6-19(7-5-14)26-15(2)10-18(16(26)3)13-24-25-23(28)22-12-17-11-20(27(29)30)8-9-21(17)31-22/h4-13H,1-3H3,(H,25,28)/b24-13+. The van der Waals surface area contributed by atoms with Gasteiger partial charge in [-0.15, -0.1) is 11.3 Å². The molecule has 0 unspecified atom stereocenters. The molecule has 0 radical (unpaired) electrons. The number of aryl methyl sites for hydroxylation is 2. The third kappa shape index (κ3) is 4.10. The maximum atomic E-state index is 12.5. The van der Waals surface area contributed by atoms with Crippen LogP contribution in [0.15, 0.2) is 59.7 Å². The van der Waals surface area contributed by atoms with Crippen molar-refractivity contribution < 1.29 is 9.72 Å². The van der Waals surface area contributed by atoms with Crippen LogP contribution in [0.25, 0.3) is 15.8 Å². The summed E-state index contributed by atoms with van der Waals surface area (Å²) in [7, 11) is 0. The second-order valence-corrected chi connectivity index (χ2v) is 8.37. The minimum absolute atomic E-state index is 0.000729. The smallest absolute Gasteiger partial charge is 0.281 e. The lowest BCUT2D eigenvalue weighted by atomic mass is 10.2. The first-order chi connectivity index (χ1) is 14.8. The molecule has 0 saturated heterocycles. The fourth-order valence-corrected chi connectivity index (χ4v) is 4.41. The van der Waals surface area contributed by atoms with Gasteiger partial charge >= 0.3 is 0 Å². The number of non-ortho nitro benzene ring substituents is 1. The summed E-state index contributed by atoms with van der Waals surface area (Å²) in [5.74, 6) is -0.354. The average Bonchev–Trinajstić information content (AvgIpc) is 3.29. The zero-order valence-corrected chi connectivity index (χ0v) is 18.1. The first-order valence-electron chi connectivity index (χ1n) is 9.61. The second-order valence-electron chi connectivity index (χ2n) is 7.29. The van der Waals surface area contributed by atoms with Crippen molar-refractivity contribution in [2.75, 3.05) is 0 Å². The van der Waals surface area contributed by atoms with Gasteiger partial charge in [0.25, 0.3) is 11.6 Å². The lowest BCUT2D eigenvalue weighted by Crippen LogP contribution is -2.16. The highest BCUT2D eigenvalue weighted by molar-refractivity contribution is 7.20. The Morgan fingerprint density at radius 3 is 2.55 bits per heavy atom. The van der Waals surface area contributed by atoms with Crippen LogP contribution in [0.1, 0.15) is 32.2 Å². The molecule has 0 atom stereocenters. The van der Waals surface area contributed by atoms with E-state index in [0.29, 0.717) is 10.3 Å². The molecular formula is C23H20N4O3S. The van der Waals surface area contributed by atoms with Crippen LogP contribution in [-0.2, 0) is 0 Å². The van der Waals surface area contributed by atoms with Gasteiger partial charge in [-0.2, -0.15) is 5.10 Å². The number of nitro benzene ring substituents is 1. The molecule has 156 valence electrons. The van der Waals surface area contributed by atoms with Crippen LogP contribution in [0.4, 0.5) is 5.69 Å². The van der Waals surface area contributed by atoms with Crippen LogP contribution in [0.3, 0.4) is 0 Å². The van der Waals surface area contributed by atoms with Crippen molar-refractivity contribution in [1.82, 2.24) is 9.99 Å². The first-order valence-corrected chi connectivity index (χ1v) is 10.4. The van der Waals surface area contributed by atoms with Gasteiger partial charge in [-0.3, -0.25) is 14.9 Å². The molecule has 0 saturated carbocycles. The molecule has 4 rings (SSSR count). The number of nitrogens with one attached hydrogen (secondary N) is 1. The van der Waals surface area contributed by atoms with Gasteiger partial charge in [-0.25, -0.2) is 5.43 Å². The van der Waals surface area contributed by atoms with Crippen molar-refractivity contribution in [1.29, 1.82) is 0 Å². The van der Waals surface area contributed by atoms with E-state index in [9.17, 15) is 14.9 Å². The molecule has 4 aromatic rings. The number of amides is 1. The highest BCUT2D eigenvalue weighted by Gasteiger charge is 2.13. The Balaban J connectivity index is 1.51. The van der Waals surface area contributed by atoms with Gasteiger partial charge in [0.15, 0.2) is 0 Å². The Morgan fingerprint density at radius 1 is 1.10 bits per heavy atom. The highest BCUT2D eigenvalue weighted by Crippen LogP contribution is 2.29. The molecule has 8 heteroatoms. The van der Waals surface area contributed by atoms with E-state index in [-0.39, 0.29) is 11.6 Å². The second kappa shape index (κ2) is 8.16. The van der Waals surface area contributed by atoms with E-state index >= 15 is 0 Å². The molecule has 2 aromatic carbocycles. The van der Waals surface area contributed by atoms with Crippen molar-refractivity contribution in [2.24, 2.45) is 5.10 Å². The molecule has 31 heavy (non-hydrogen) atoms. The number of thiophene rings is 1. The molecule has 0 bridgehead atoms. The van der Waals surface area contributed by atoms with Gasteiger partial charge in [0.2, 0.25) is 0 Å². The molecule has 1 N–H and O–H groups in total. The van der Waals surface area contributed by atoms with Crippen LogP contribution in [-0.4, -0.2) is 21.6 Å². The minimum Gasteiger partial charge on any atom is -0.318 e. The average molecular weight is 433 g/mol. The van der Waals surface area contributed by atoms with Gasteiger partial charge in [-0.1, -0.05) is 17.7 Å². The van der Waals surface area contributed by atoms with Gasteiger partial charge in [0, 0.05) is 44.9 Å². The van der Waals surface area contributed by atoms with E-state index in [2.05, 4.69) is 46.3 Å². The van der Waals surface area contributed by atoms with Gasteiger partial charge < -0.3 is 4.57 Å². The zero-order valence-electron chi connectivity index (χ0n) is 17.2. The van der Waals surface area contributed by atoms with Crippen LogP contribution in [0.2, 0.25) is 0 Å². The number of aromatic nitrogens is 1. The summed E-state index contributed by atoms with van der Waals surface area (Å²) in [6.07, 6.45) is 1.63. The molecule has 2 aromatic heterocycles. The molecule has 0 spiro atoms. The van der Waals surface area contributed by atoms with E-state index in [0.717, 1.165) is 27.3 Å². The van der Waals surface area contributed by atoms with Crippen LogP contribution in [0.5, 0.6) is 0 Å². The molecule has 7 nitrogen and oxygen atoms in total. The number of nitrogens with zero attached hydrogens (tertiary/aromatic N) is 3. The number of rotatable bonds is 5. The topological polar surface area (TPSA) is 89.5 Å². The molecule has 2 heterocycles. The van der Waals surface area contributed by atoms with Crippen molar-refractivity contribution in [3.63, 3.8) is 0 Å². The van der Waals surface area contributed by atoms with Crippen molar-refractivity contribution in [3.05, 3.63) is 92.1 Å². The number of hydrogen-bond acceptors (Lipinski definition) is 5. The monoisotopic (exact) mass is 432 g/mol. The number of carbonyl (C=O) groups is 1. The summed E-state index contributed by atoms with van der Waals surface area (Å²) < 4.78 is 2.95. The quantitative estimate of drug-likeness (QED) is 0.264. The number of hydrazone groups is 1. The minimum atomic E-state index is -0.450. The summed E-state index contributed by atoms with van der Waals surface area (Å²) in [5, 5.41) is 15.7. The number of benzene rings is 2. The summed E-state index contributed by atoms with van der Waals surface area (Å²) in [5.41, 5.74) is 7.82. The normalized spacial score (nSPS) is 11.3. The van der Waals surface area contributed by atoms with Crippen LogP contribution >= 0.6 is 11.3 Å². The maximum Gasteiger partial charge on any atom is 0.281 e. The Bertz CT molecular complexity index is 1330. The van der Waals surface area contributed by atoms with E-state index < -0.39 is 4.92 Å². The number of nitro groups is 1. The van der Waals surface area contributed by atoms with Crippen LogP contribution < -0.4 is 5.43 Å². The fourth-order valence-electron chi connectivity index (χ4n) is 3.48. The van der Waals surface area contributed by atoms with Gasteiger partial charge in [-0.05, 0) is 51.1 Å². The van der Waals surface area contributed by atoms with Gasteiger partial charge in [0.1, 0.15) is 0 Å². The van der Waals surface area contributed by atoms with E-state index in [1.165, 1.54) is 29.0 Å². The third-order valence-corrected chi connectivity index (χ3v) is 6.18. The predicted molar refractivity (Wildman–Crippen MR) is 124 cm³/mol. The number of hydrogen-bond donors (Lipinski definition) is 1. The lowest BCUT2D eigenvalue weighted by molar-refractivity contribution is -0.384. The number of fused-ring (bicyclic) bond motifs is 1. The molecule has 0 aliphatic heterocycles. The molecule has 1 amide bonds. The van der Waals surface area contributed by atoms with Crippen molar-refractivity contribution in [2.45, 2.75) is 20.8 Å². The molecule has 0 aliphatic carbocycles. The molecule has 0 aliphatic rings. The van der Waals surface area contributed by atoms with Crippen LogP contribution in [0, 0.1) is 30.9 Å². The Labute approximate surface area is 182 Å². The lowest BCUT2D eigenvalue weighted by Gasteiger charge is -2.09. The first kappa shape index (κ1) is 20.5. The summed E-state index contributed by atoms with van der Waals surface area (Å²) in [6.45, 7) is 6.09. The Morgan fingerprint density at radius 2 is 1.84 bits per heavy atom. The SMILES string of the molecule is Cc1ccc(-n2c(C)cc(/C=N/NC(=O)c3cc4cc([N+](=O)[O-])ccc4s3)c2C)cc1. The Kier molecular flexibility index (Phi) is 5.39. The Hall–Kier alpha value is -3.78. The van der Waals surface area contributed by atoms with E-state index in [4.69, 9.17) is 0 Å². The van der Waals surface area contributed by atoms with E-state index in [1.54, 1.807) is 18.3 Å². The molecular weight excluding hydrogens is 412 g/mol. The van der Waals surface area contributed by atoms with E-state index in [1.807, 2.05) is 19.9 Å². The number of carbonyl (C=O) groups excluding carboxylic acids is 1. The van der Waals surface area contributed by atoms with Crippen molar-refractivity contribution >= 4 is 39.2 Å². The summed E-state index contributed by atoms with van der Waals surface area (Å²) in [6, 6.07) is 16.5. The predicted octanol–water partition coefficient (Wildman–Crippen LogP) is 5.29. The third-order valence-electron chi connectivity index (χ3n) is 5.07. The largest absolute Gasteiger partial charge is 0.318 e.